The molecule has 9 heteroatoms. The van der Waals surface area contributed by atoms with Gasteiger partial charge < -0.3 is 4.74 Å². The molecule has 0 amide bonds. The average molecular weight is 511 g/mol. The van der Waals surface area contributed by atoms with Crippen LogP contribution in [0.15, 0.2) is 50.6 Å². The van der Waals surface area contributed by atoms with Crippen LogP contribution in [0.1, 0.15) is 22.9 Å². The number of aldehydes is 1. The number of nitrogens with zero attached hydrogens (tertiary/aromatic N) is 4. The summed E-state index contributed by atoms with van der Waals surface area (Å²) in [6.07, 6.45) is 1.60. The van der Waals surface area contributed by atoms with E-state index in [0.29, 0.717) is 32.4 Å². The molecule has 0 fully saturated rings. The smallest absolute Gasteiger partial charge is 0.241 e. The van der Waals surface area contributed by atoms with E-state index in [0.717, 1.165) is 16.3 Å². The molecule has 0 saturated carbocycles. The summed E-state index contributed by atoms with van der Waals surface area (Å²) in [5.74, 6) is 0.687. The minimum Gasteiger partial charge on any atom is -0.460 e. The van der Waals surface area contributed by atoms with Crippen molar-refractivity contribution >= 4 is 61.3 Å². The van der Waals surface area contributed by atoms with Gasteiger partial charge in [-0.25, -0.2) is 14.7 Å². The summed E-state index contributed by atoms with van der Waals surface area (Å²) in [6.45, 7) is 1.95. The zero-order valence-corrected chi connectivity index (χ0v) is 17.8. The number of aromatic nitrogens is 3. The van der Waals surface area contributed by atoms with Gasteiger partial charge in [0.25, 0.3) is 0 Å². The fourth-order valence-electron chi connectivity index (χ4n) is 2.83. The molecule has 4 rings (SSSR count). The first-order valence-corrected chi connectivity index (χ1v) is 9.82. The zero-order valence-electron chi connectivity index (χ0n) is 13.9. The van der Waals surface area contributed by atoms with E-state index in [9.17, 15) is 4.79 Å². The second-order valence-electron chi connectivity index (χ2n) is 5.85. The molecule has 27 heavy (non-hydrogen) atoms. The first-order chi connectivity index (χ1) is 13.0. The Morgan fingerprint density at radius 1 is 1.30 bits per heavy atom. The minimum absolute atomic E-state index is 0.254. The van der Waals surface area contributed by atoms with Crippen LogP contribution in [0.25, 0.3) is 5.82 Å². The molecule has 1 aliphatic heterocycles. The number of carbonyl (C=O) groups excluding carboxylic acids is 1. The molecule has 2 aromatic heterocycles. The minimum atomic E-state index is -0.773. The second kappa shape index (κ2) is 7.18. The lowest BCUT2D eigenvalue weighted by Crippen LogP contribution is -2.21. The third-order valence-corrected chi connectivity index (χ3v) is 5.24. The molecular formula is C18H11Br2ClN4O2. The summed E-state index contributed by atoms with van der Waals surface area (Å²) >= 11 is 13.2. The van der Waals surface area contributed by atoms with E-state index in [4.69, 9.17) is 16.3 Å². The Labute approximate surface area is 176 Å². The van der Waals surface area contributed by atoms with Gasteiger partial charge >= 0.3 is 0 Å². The number of ether oxygens (including phenoxy) is 1. The Hall–Kier alpha value is -2.03. The predicted molar refractivity (Wildman–Crippen MR) is 109 cm³/mol. The standard InChI is InChI=1S/C18H11Br2ClN4O2/c1-9-5-10-14(8-26)27-18(23-16(10)11(19)6-9)13-7-15(20)24-25(13)17-12(21)3-2-4-22-17/h2-8,14H,1H3. The summed E-state index contributed by atoms with van der Waals surface area (Å²) in [5, 5.41) is 4.81. The molecule has 6 nitrogen and oxygen atoms in total. The van der Waals surface area contributed by atoms with Crippen molar-refractivity contribution in [2.75, 3.05) is 0 Å². The van der Waals surface area contributed by atoms with Gasteiger partial charge in [0.15, 0.2) is 18.2 Å². The molecule has 0 bridgehead atoms. The van der Waals surface area contributed by atoms with Gasteiger partial charge in [-0.3, -0.25) is 4.79 Å². The van der Waals surface area contributed by atoms with Gasteiger partial charge in [0.1, 0.15) is 10.3 Å². The Bertz CT molecular complexity index is 1100. The van der Waals surface area contributed by atoms with Crippen molar-refractivity contribution in [3.63, 3.8) is 0 Å². The monoisotopic (exact) mass is 508 g/mol. The van der Waals surface area contributed by atoms with Crippen LogP contribution < -0.4 is 0 Å². The van der Waals surface area contributed by atoms with Crippen molar-refractivity contribution in [3.05, 3.63) is 67.4 Å². The van der Waals surface area contributed by atoms with Crippen molar-refractivity contribution in [3.8, 4) is 5.82 Å². The summed E-state index contributed by atoms with van der Waals surface area (Å²) in [6, 6.07) is 9.02. The van der Waals surface area contributed by atoms with Gasteiger partial charge in [0.2, 0.25) is 5.90 Å². The molecule has 3 heterocycles. The highest BCUT2D eigenvalue weighted by atomic mass is 79.9. The maximum atomic E-state index is 11.7. The van der Waals surface area contributed by atoms with Gasteiger partial charge in [-0.2, -0.15) is 5.10 Å². The number of halogens is 3. The Morgan fingerprint density at radius 2 is 2.11 bits per heavy atom. The lowest BCUT2D eigenvalue weighted by molar-refractivity contribution is -0.114. The van der Waals surface area contributed by atoms with Crippen molar-refractivity contribution in [1.29, 1.82) is 0 Å². The number of rotatable bonds is 3. The summed E-state index contributed by atoms with van der Waals surface area (Å²) in [5.41, 5.74) is 2.88. The van der Waals surface area contributed by atoms with Crippen LogP contribution in [-0.2, 0) is 9.53 Å². The molecule has 1 aliphatic rings. The largest absolute Gasteiger partial charge is 0.460 e. The van der Waals surface area contributed by atoms with Crippen LogP contribution in [0, 0.1) is 6.92 Å². The van der Waals surface area contributed by atoms with E-state index in [1.807, 2.05) is 19.1 Å². The molecular weight excluding hydrogens is 499 g/mol. The topological polar surface area (TPSA) is 69.4 Å². The van der Waals surface area contributed by atoms with Crippen molar-refractivity contribution in [2.24, 2.45) is 4.99 Å². The van der Waals surface area contributed by atoms with Crippen LogP contribution in [0.2, 0.25) is 5.02 Å². The number of aliphatic imine (C=N–C) groups is 1. The summed E-state index contributed by atoms with van der Waals surface area (Å²) in [7, 11) is 0. The molecule has 1 aromatic carbocycles. The number of aryl methyl sites for hydroxylation is 1. The number of carbonyl (C=O) groups is 1. The van der Waals surface area contributed by atoms with E-state index in [2.05, 4.69) is 46.9 Å². The SMILES string of the molecule is Cc1cc(Br)c2c(c1)C(C=O)OC(c1cc(Br)nn1-c1ncccc1Cl)=N2. The maximum Gasteiger partial charge on any atom is 0.241 e. The molecule has 0 N–H and O–H groups in total. The summed E-state index contributed by atoms with van der Waals surface area (Å²) < 4.78 is 8.75. The quantitative estimate of drug-likeness (QED) is 0.460. The molecule has 1 unspecified atom stereocenters. The average Bonchev–Trinajstić information content (AvgIpc) is 3.03. The Kier molecular flexibility index (Phi) is 4.88. The van der Waals surface area contributed by atoms with E-state index in [1.54, 1.807) is 24.4 Å². The number of hydrogen-bond donors (Lipinski definition) is 0. The Morgan fingerprint density at radius 3 is 2.85 bits per heavy atom. The molecule has 136 valence electrons. The van der Waals surface area contributed by atoms with E-state index in [-0.39, 0.29) is 5.90 Å². The fraction of sp³-hybridized carbons (Fsp3) is 0.111. The molecule has 0 aliphatic carbocycles. The first-order valence-electron chi connectivity index (χ1n) is 7.85. The van der Waals surface area contributed by atoms with E-state index in [1.165, 1.54) is 4.68 Å². The van der Waals surface area contributed by atoms with Gasteiger partial charge in [0.05, 0.1) is 10.7 Å². The second-order valence-corrected chi connectivity index (χ2v) is 7.92. The van der Waals surface area contributed by atoms with E-state index < -0.39 is 6.10 Å². The first kappa shape index (κ1) is 18.3. The molecule has 3 aromatic rings. The normalized spacial score (nSPS) is 15.7. The van der Waals surface area contributed by atoms with Crippen LogP contribution in [-0.4, -0.2) is 26.9 Å². The van der Waals surface area contributed by atoms with Crippen LogP contribution in [0.5, 0.6) is 0 Å². The lowest BCUT2D eigenvalue weighted by Gasteiger charge is -2.23. The number of benzene rings is 1. The predicted octanol–water partition coefficient (Wildman–Crippen LogP) is 5.10. The molecule has 0 radical (unpaired) electrons. The molecule has 0 spiro atoms. The Balaban J connectivity index is 1.91. The third-order valence-electron chi connectivity index (χ3n) is 3.96. The maximum absolute atomic E-state index is 11.7. The van der Waals surface area contributed by atoms with Crippen LogP contribution in [0.4, 0.5) is 5.69 Å². The van der Waals surface area contributed by atoms with Crippen molar-refractivity contribution in [2.45, 2.75) is 13.0 Å². The number of pyridine rings is 1. The van der Waals surface area contributed by atoms with Gasteiger partial charge in [-0.05, 0) is 68.6 Å². The highest BCUT2D eigenvalue weighted by Crippen LogP contribution is 2.40. The highest BCUT2D eigenvalue weighted by Gasteiger charge is 2.29. The van der Waals surface area contributed by atoms with Gasteiger partial charge in [-0.1, -0.05) is 11.6 Å². The van der Waals surface area contributed by atoms with Gasteiger partial charge in [0, 0.05) is 22.3 Å². The van der Waals surface area contributed by atoms with Crippen LogP contribution >= 0.6 is 43.5 Å². The van der Waals surface area contributed by atoms with Crippen LogP contribution in [0.3, 0.4) is 0 Å². The molecule has 0 saturated heterocycles. The lowest BCUT2D eigenvalue weighted by atomic mass is 10.0. The van der Waals surface area contributed by atoms with Crippen molar-refractivity contribution in [1.82, 2.24) is 14.8 Å². The third kappa shape index (κ3) is 3.33. The highest BCUT2D eigenvalue weighted by molar-refractivity contribution is 9.10. The van der Waals surface area contributed by atoms with Gasteiger partial charge in [-0.15, -0.1) is 0 Å². The zero-order chi connectivity index (χ0) is 19.1. The number of fused-ring (bicyclic) bond motifs is 1. The van der Waals surface area contributed by atoms with E-state index >= 15 is 0 Å². The fourth-order valence-corrected chi connectivity index (χ4v) is 4.08. The number of hydrogen-bond acceptors (Lipinski definition) is 5. The van der Waals surface area contributed by atoms with Crippen molar-refractivity contribution < 1.29 is 9.53 Å². The summed E-state index contributed by atoms with van der Waals surface area (Å²) in [4.78, 5) is 20.6. The molecule has 1 atom stereocenters.